The van der Waals surface area contributed by atoms with E-state index in [4.69, 9.17) is 4.74 Å². The molecule has 0 aliphatic carbocycles. The average molecular weight is 288 g/mol. The predicted molar refractivity (Wildman–Crippen MR) is 72.4 cm³/mol. The van der Waals surface area contributed by atoms with Gasteiger partial charge >= 0.3 is 0 Å². The second-order valence-electron chi connectivity index (χ2n) is 4.70. The van der Waals surface area contributed by atoms with Crippen molar-refractivity contribution in [2.75, 3.05) is 19.7 Å². The van der Waals surface area contributed by atoms with Crippen LogP contribution >= 0.6 is 0 Å². The highest BCUT2D eigenvalue weighted by atomic mass is 16.5. The van der Waals surface area contributed by atoms with Crippen molar-refractivity contribution in [1.82, 2.24) is 30.0 Å². The lowest BCUT2D eigenvalue weighted by Crippen LogP contribution is -2.42. The van der Waals surface area contributed by atoms with Crippen molar-refractivity contribution in [2.45, 2.75) is 19.4 Å². The summed E-state index contributed by atoms with van der Waals surface area (Å²) in [6.07, 6.45) is 4.99. The van der Waals surface area contributed by atoms with Crippen molar-refractivity contribution in [3.8, 4) is 0 Å². The lowest BCUT2D eigenvalue weighted by molar-refractivity contribution is -0.0268. The van der Waals surface area contributed by atoms with Crippen molar-refractivity contribution in [2.24, 2.45) is 0 Å². The number of aromatic amines is 1. The third-order valence-corrected chi connectivity index (χ3v) is 3.31. The summed E-state index contributed by atoms with van der Waals surface area (Å²) in [5.74, 6) is 1.25. The van der Waals surface area contributed by atoms with Gasteiger partial charge in [0.15, 0.2) is 5.82 Å². The highest BCUT2D eigenvalue weighted by molar-refractivity contribution is 5.92. The van der Waals surface area contributed by atoms with Crippen LogP contribution in [0.2, 0.25) is 0 Å². The Kier molecular flexibility index (Phi) is 3.87. The van der Waals surface area contributed by atoms with Gasteiger partial charge in [0.25, 0.3) is 5.91 Å². The number of carbonyl (C=O) groups is 1. The van der Waals surface area contributed by atoms with Crippen LogP contribution in [0.1, 0.15) is 35.2 Å². The Labute approximate surface area is 121 Å². The summed E-state index contributed by atoms with van der Waals surface area (Å²) in [5.41, 5.74) is 0.336. The summed E-state index contributed by atoms with van der Waals surface area (Å²) in [6, 6.07) is 0. The first-order valence-corrected chi connectivity index (χ1v) is 6.86. The number of morpholine rings is 1. The summed E-state index contributed by atoms with van der Waals surface area (Å²) >= 11 is 0. The number of amides is 1. The smallest absolute Gasteiger partial charge is 0.274 e. The minimum absolute atomic E-state index is 0.150. The minimum atomic E-state index is -0.309. The average Bonchev–Trinajstić information content (AvgIpc) is 3.04. The van der Waals surface area contributed by atoms with E-state index < -0.39 is 0 Å². The number of ether oxygens (including phenoxy) is 1. The zero-order valence-corrected chi connectivity index (χ0v) is 11.7. The molecule has 0 saturated carbocycles. The van der Waals surface area contributed by atoms with E-state index in [9.17, 15) is 4.79 Å². The van der Waals surface area contributed by atoms with Gasteiger partial charge in [-0.1, -0.05) is 6.92 Å². The molecule has 1 N–H and O–H groups in total. The van der Waals surface area contributed by atoms with Crippen molar-refractivity contribution in [1.29, 1.82) is 0 Å². The molecule has 1 unspecified atom stereocenters. The Bertz CT molecular complexity index is 614. The number of nitrogens with one attached hydrogen (secondary N) is 1. The summed E-state index contributed by atoms with van der Waals surface area (Å²) in [5, 5.41) is 7.01. The molecule has 1 atom stereocenters. The number of rotatable bonds is 3. The predicted octanol–water partition coefficient (Wildman–Crippen LogP) is 0.371. The molecule has 2 aromatic heterocycles. The van der Waals surface area contributed by atoms with Gasteiger partial charge in [-0.25, -0.2) is 9.97 Å². The molecule has 0 radical (unpaired) electrons. The zero-order valence-electron chi connectivity index (χ0n) is 11.7. The van der Waals surface area contributed by atoms with Crippen LogP contribution in [-0.2, 0) is 11.2 Å². The standard InChI is InChI=1S/C13H16N6O2/c1-2-11-16-12(18-17-11)10-8-19(5-6-21-10)13(20)9-7-14-3-4-15-9/h3-4,7,10H,2,5-6,8H2,1H3,(H,16,17,18). The molecule has 3 rings (SSSR count). The fraction of sp³-hybridized carbons (Fsp3) is 0.462. The van der Waals surface area contributed by atoms with Gasteiger partial charge in [-0.3, -0.25) is 14.9 Å². The van der Waals surface area contributed by atoms with E-state index >= 15 is 0 Å². The number of aryl methyl sites for hydroxylation is 1. The molecule has 110 valence electrons. The van der Waals surface area contributed by atoms with E-state index in [1.807, 2.05) is 6.92 Å². The fourth-order valence-electron chi connectivity index (χ4n) is 2.17. The molecular weight excluding hydrogens is 272 g/mol. The van der Waals surface area contributed by atoms with E-state index in [1.165, 1.54) is 12.4 Å². The van der Waals surface area contributed by atoms with Crippen LogP contribution in [0.15, 0.2) is 18.6 Å². The Balaban J connectivity index is 1.72. The van der Waals surface area contributed by atoms with Gasteiger partial charge in [0.05, 0.1) is 19.3 Å². The van der Waals surface area contributed by atoms with Crippen LogP contribution in [0, 0.1) is 0 Å². The van der Waals surface area contributed by atoms with Crippen LogP contribution in [0.4, 0.5) is 0 Å². The molecule has 1 aliphatic rings. The molecule has 8 nitrogen and oxygen atoms in total. The molecular formula is C13H16N6O2. The molecule has 0 aromatic carbocycles. The Morgan fingerprint density at radius 2 is 2.43 bits per heavy atom. The Hall–Kier alpha value is -2.35. The van der Waals surface area contributed by atoms with Crippen molar-refractivity contribution >= 4 is 5.91 Å². The van der Waals surface area contributed by atoms with E-state index in [0.29, 0.717) is 31.2 Å². The van der Waals surface area contributed by atoms with Gasteiger partial charge in [0.1, 0.15) is 17.6 Å². The van der Waals surface area contributed by atoms with Crippen LogP contribution in [0.3, 0.4) is 0 Å². The van der Waals surface area contributed by atoms with Gasteiger partial charge in [0, 0.05) is 25.4 Å². The highest BCUT2D eigenvalue weighted by Gasteiger charge is 2.29. The quantitative estimate of drug-likeness (QED) is 0.876. The molecule has 2 aromatic rings. The van der Waals surface area contributed by atoms with Gasteiger partial charge in [-0.2, -0.15) is 5.10 Å². The monoisotopic (exact) mass is 288 g/mol. The number of hydrogen-bond donors (Lipinski definition) is 1. The van der Waals surface area contributed by atoms with Crippen LogP contribution in [0.5, 0.6) is 0 Å². The SMILES string of the molecule is CCc1nc(C2CN(C(=O)c3cnccn3)CCO2)n[nH]1. The molecule has 3 heterocycles. The van der Waals surface area contributed by atoms with Gasteiger partial charge < -0.3 is 9.64 Å². The number of H-pyrrole nitrogens is 1. The molecule has 8 heteroatoms. The topological polar surface area (TPSA) is 96.9 Å². The van der Waals surface area contributed by atoms with Crippen LogP contribution in [0.25, 0.3) is 0 Å². The highest BCUT2D eigenvalue weighted by Crippen LogP contribution is 2.20. The molecule has 0 spiro atoms. The fourth-order valence-corrected chi connectivity index (χ4v) is 2.17. The summed E-state index contributed by atoms with van der Waals surface area (Å²) in [6.45, 7) is 3.38. The minimum Gasteiger partial charge on any atom is -0.366 e. The first-order chi connectivity index (χ1) is 10.3. The van der Waals surface area contributed by atoms with Gasteiger partial charge in [-0.05, 0) is 0 Å². The molecule has 1 saturated heterocycles. The second kappa shape index (κ2) is 5.96. The number of carbonyl (C=O) groups excluding carboxylic acids is 1. The molecule has 21 heavy (non-hydrogen) atoms. The molecule has 0 bridgehead atoms. The Morgan fingerprint density at radius 1 is 1.52 bits per heavy atom. The first-order valence-electron chi connectivity index (χ1n) is 6.86. The van der Waals surface area contributed by atoms with Crippen LogP contribution < -0.4 is 0 Å². The summed E-state index contributed by atoms with van der Waals surface area (Å²) in [7, 11) is 0. The lowest BCUT2D eigenvalue weighted by Gasteiger charge is -2.31. The zero-order chi connectivity index (χ0) is 14.7. The first kappa shape index (κ1) is 13.6. The number of aromatic nitrogens is 5. The van der Waals surface area contributed by atoms with E-state index in [2.05, 4.69) is 25.1 Å². The van der Waals surface area contributed by atoms with E-state index in [0.717, 1.165) is 12.2 Å². The third kappa shape index (κ3) is 2.89. The maximum atomic E-state index is 12.4. The Morgan fingerprint density at radius 3 is 3.14 bits per heavy atom. The molecule has 1 aliphatic heterocycles. The van der Waals surface area contributed by atoms with Crippen molar-refractivity contribution in [3.63, 3.8) is 0 Å². The summed E-state index contributed by atoms with van der Waals surface area (Å²) in [4.78, 5) is 26.4. The second-order valence-corrected chi connectivity index (χ2v) is 4.70. The number of nitrogens with zero attached hydrogens (tertiary/aromatic N) is 5. The number of hydrogen-bond acceptors (Lipinski definition) is 6. The van der Waals surface area contributed by atoms with E-state index in [1.54, 1.807) is 11.1 Å². The van der Waals surface area contributed by atoms with Crippen LogP contribution in [-0.4, -0.2) is 55.7 Å². The third-order valence-electron chi connectivity index (χ3n) is 3.31. The van der Waals surface area contributed by atoms with Crippen molar-refractivity contribution < 1.29 is 9.53 Å². The lowest BCUT2D eigenvalue weighted by atomic mass is 10.2. The molecule has 1 fully saturated rings. The van der Waals surface area contributed by atoms with Crippen molar-refractivity contribution in [3.05, 3.63) is 35.9 Å². The maximum Gasteiger partial charge on any atom is 0.274 e. The maximum absolute atomic E-state index is 12.4. The largest absolute Gasteiger partial charge is 0.366 e. The van der Waals surface area contributed by atoms with E-state index in [-0.39, 0.29) is 12.0 Å². The molecule has 1 amide bonds. The van der Waals surface area contributed by atoms with Gasteiger partial charge in [-0.15, -0.1) is 0 Å². The normalized spacial score (nSPS) is 18.7. The summed E-state index contributed by atoms with van der Waals surface area (Å²) < 4.78 is 5.66. The van der Waals surface area contributed by atoms with Gasteiger partial charge in [0.2, 0.25) is 0 Å².